The van der Waals surface area contributed by atoms with Crippen molar-refractivity contribution in [2.45, 2.75) is 129 Å². The molecule has 0 fully saturated rings. The summed E-state index contributed by atoms with van der Waals surface area (Å²) in [4.78, 5) is 57.8. The van der Waals surface area contributed by atoms with E-state index in [1.165, 1.54) is 45.4 Å². The molecule has 0 radical (unpaired) electrons. The Balaban J connectivity index is 3.63. The van der Waals surface area contributed by atoms with Crippen molar-refractivity contribution in [1.82, 2.24) is 5.32 Å². The highest BCUT2D eigenvalue weighted by molar-refractivity contribution is 5.84. The van der Waals surface area contributed by atoms with Gasteiger partial charge in [0.15, 0.2) is 0 Å². The van der Waals surface area contributed by atoms with E-state index in [-0.39, 0.29) is 42.5 Å². The second kappa shape index (κ2) is 32.7. The van der Waals surface area contributed by atoms with Crippen molar-refractivity contribution in [2.75, 3.05) is 59.4 Å². The molecule has 1 atom stereocenters. The molecular weight excluding hydrogens is 594 g/mol. The number of nitrogens with one attached hydrogen (secondary N) is 1. The van der Waals surface area contributed by atoms with Gasteiger partial charge in [0.05, 0.1) is 58.8 Å². The summed E-state index contributed by atoms with van der Waals surface area (Å²) in [5.74, 6) is -1.80. The summed E-state index contributed by atoms with van der Waals surface area (Å²) in [6, 6.07) is 0. The minimum Gasteiger partial charge on any atom is -0.481 e. The predicted octanol–water partition coefficient (Wildman–Crippen LogP) is 5.64. The number of ether oxygens (including phenoxy) is 4. The zero-order valence-electron chi connectivity index (χ0n) is 28.8. The molecule has 0 heterocycles. The highest BCUT2D eigenvalue weighted by Crippen LogP contribution is 2.16. The first-order valence-corrected chi connectivity index (χ1v) is 17.5. The lowest BCUT2D eigenvalue weighted by Gasteiger charge is -2.12. The molecule has 0 rings (SSSR count). The number of carbonyl (C=O) groups is 5. The van der Waals surface area contributed by atoms with E-state index in [2.05, 4.69) is 5.32 Å². The molecule has 0 aromatic rings. The van der Waals surface area contributed by atoms with Gasteiger partial charge < -0.3 is 34.2 Å². The number of aliphatic carboxylic acids is 1. The van der Waals surface area contributed by atoms with Crippen LogP contribution in [0.25, 0.3) is 0 Å². The lowest BCUT2D eigenvalue weighted by atomic mass is 9.94. The van der Waals surface area contributed by atoms with E-state index in [0.29, 0.717) is 78.7 Å². The molecule has 11 nitrogen and oxygen atoms in total. The van der Waals surface area contributed by atoms with E-state index in [4.69, 9.17) is 18.9 Å². The minimum atomic E-state index is -1.04. The van der Waals surface area contributed by atoms with Gasteiger partial charge in [0.25, 0.3) is 0 Å². The van der Waals surface area contributed by atoms with E-state index in [0.717, 1.165) is 38.5 Å². The molecular formula is C35H63NO10. The lowest BCUT2D eigenvalue weighted by Crippen LogP contribution is -2.29. The van der Waals surface area contributed by atoms with Crippen molar-refractivity contribution in [2.24, 2.45) is 5.92 Å². The normalized spacial score (nSPS) is 11.8. The number of carbonyl (C=O) groups excluding carboxylic acids is 4. The SMILES string of the molecule is CC(=O)CCCCCCCCCCCCCCC(=O)CC(CCC(=O)NCCOCCOCCOCCOCCC(C)=O)C(=O)O. The van der Waals surface area contributed by atoms with Gasteiger partial charge in [-0.25, -0.2) is 0 Å². The Morgan fingerprint density at radius 1 is 0.522 bits per heavy atom. The van der Waals surface area contributed by atoms with Gasteiger partial charge in [-0.05, 0) is 33.1 Å². The zero-order chi connectivity index (χ0) is 34.1. The van der Waals surface area contributed by atoms with Crippen molar-refractivity contribution in [3.8, 4) is 0 Å². The number of hydrogen-bond donors (Lipinski definition) is 2. The number of Topliss-reactive ketones (excluding diaryl/α,β-unsaturated/α-hetero) is 3. The number of rotatable bonds is 36. The van der Waals surface area contributed by atoms with Crippen molar-refractivity contribution in [3.05, 3.63) is 0 Å². The predicted molar refractivity (Wildman–Crippen MR) is 177 cm³/mol. The topological polar surface area (TPSA) is 155 Å². The van der Waals surface area contributed by atoms with Crippen LogP contribution >= 0.6 is 0 Å². The van der Waals surface area contributed by atoms with Gasteiger partial charge in [-0.2, -0.15) is 0 Å². The van der Waals surface area contributed by atoms with E-state index >= 15 is 0 Å². The average Bonchev–Trinajstić information content (AvgIpc) is 3.00. The number of unbranched alkanes of at least 4 members (excludes halogenated alkanes) is 11. The smallest absolute Gasteiger partial charge is 0.306 e. The Bertz CT molecular complexity index is 804. The Morgan fingerprint density at radius 2 is 0.935 bits per heavy atom. The Hall–Kier alpha value is -2.21. The zero-order valence-corrected chi connectivity index (χ0v) is 28.8. The van der Waals surface area contributed by atoms with E-state index in [1.54, 1.807) is 6.92 Å². The third-order valence-corrected chi connectivity index (χ3v) is 7.56. The number of carboxylic acids is 1. The third kappa shape index (κ3) is 33.2. The molecule has 2 N–H and O–H groups in total. The van der Waals surface area contributed by atoms with Gasteiger partial charge in [-0.15, -0.1) is 0 Å². The molecule has 0 saturated carbocycles. The molecule has 0 saturated heterocycles. The van der Waals surface area contributed by atoms with Gasteiger partial charge in [0.2, 0.25) is 5.91 Å². The third-order valence-electron chi connectivity index (χ3n) is 7.56. The Morgan fingerprint density at radius 3 is 1.39 bits per heavy atom. The van der Waals surface area contributed by atoms with Crippen LogP contribution in [0.4, 0.5) is 0 Å². The van der Waals surface area contributed by atoms with Gasteiger partial charge in [0, 0.05) is 38.6 Å². The van der Waals surface area contributed by atoms with Gasteiger partial charge in [-0.1, -0.05) is 64.2 Å². The molecule has 1 amide bonds. The van der Waals surface area contributed by atoms with Crippen LogP contribution in [0.3, 0.4) is 0 Å². The van der Waals surface area contributed by atoms with Crippen LogP contribution in [-0.2, 0) is 42.9 Å². The monoisotopic (exact) mass is 657 g/mol. The van der Waals surface area contributed by atoms with Gasteiger partial charge in [0.1, 0.15) is 17.3 Å². The van der Waals surface area contributed by atoms with Crippen molar-refractivity contribution in [1.29, 1.82) is 0 Å². The Kier molecular flexibility index (Phi) is 31.1. The van der Waals surface area contributed by atoms with Crippen LogP contribution in [0.2, 0.25) is 0 Å². The van der Waals surface area contributed by atoms with Gasteiger partial charge in [-0.3, -0.25) is 19.2 Å². The van der Waals surface area contributed by atoms with Crippen LogP contribution in [0, 0.1) is 5.92 Å². The summed E-state index contributed by atoms with van der Waals surface area (Å²) in [5, 5.41) is 12.2. The van der Waals surface area contributed by atoms with Crippen LogP contribution in [0.5, 0.6) is 0 Å². The van der Waals surface area contributed by atoms with E-state index in [1.807, 2.05) is 0 Å². The quantitative estimate of drug-likeness (QED) is 0.0809. The highest BCUT2D eigenvalue weighted by Gasteiger charge is 2.22. The summed E-state index contributed by atoms with van der Waals surface area (Å²) in [5.41, 5.74) is 0. The number of ketones is 3. The molecule has 0 aliphatic heterocycles. The molecule has 0 aliphatic carbocycles. The fourth-order valence-corrected chi connectivity index (χ4v) is 4.79. The fraction of sp³-hybridized carbons (Fsp3) is 0.857. The number of hydrogen-bond acceptors (Lipinski definition) is 9. The second-order valence-electron chi connectivity index (χ2n) is 12.0. The van der Waals surface area contributed by atoms with Crippen LogP contribution < -0.4 is 5.32 Å². The molecule has 46 heavy (non-hydrogen) atoms. The first-order valence-electron chi connectivity index (χ1n) is 17.5. The molecule has 268 valence electrons. The first kappa shape index (κ1) is 43.8. The molecule has 0 aromatic carbocycles. The first-order chi connectivity index (χ1) is 22.2. The van der Waals surface area contributed by atoms with E-state index in [9.17, 15) is 29.1 Å². The largest absolute Gasteiger partial charge is 0.481 e. The van der Waals surface area contributed by atoms with E-state index < -0.39 is 11.9 Å². The summed E-state index contributed by atoms with van der Waals surface area (Å²) < 4.78 is 21.4. The average molecular weight is 658 g/mol. The molecule has 1 unspecified atom stereocenters. The molecule has 0 spiro atoms. The van der Waals surface area contributed by atoms with Crippen LogP contribution in [0.15, 0.2) is 0 Å². The molecule has 0 aliphatic rings. The summed E-state index contributed by atoms with van der Waals surface area (Å²) >= 11 is 0. The maximum Gasteiger partial charge on any atom is 0.306 e. The standard InChI is InChI=1S/C35H63NO10/c1-30(37)15-13-11-9-7-5-3-4-6-8-10-12-14-16-33(39)29-32(35(41)42)17-18-34(40)36-20-22-44-24-26-46-28-27-45-25-23-43-21-19-31(2)38/h32H,3-29H2,1-2H3,(H,36,40)(H,41,42). The summed E-state index contributed by atoms with van der Waals surface area (Å²) in [6.07, 6.45) is 15.3. The molecule has 0 aromatic heterocycles. The van der Waals surface area contributed by atoms with Crippen LogP contribution in [-0.4, -0.2) is 93.7 Å². The fourth-order valence-electron chi connectivity index (χ4n) is 4.79. The van der Waals surface area contributed by atoms with Crippen LogP contribution in [0.1, 0.15) is 129 Å². The van der Waals surface area contributed by atoms with Crippen molar-refractivity contribution >= 4 is 29.2 Å². The van der Waals surface area contributed by atoms with Gasteiger partial charge >= 0.3 is 5.97 Å². The maximum atomic E-state index is 12.3. The lowest BCUT2D eigenvalue weighted by molar-refractivity contribution is -0.144. The summed E-state index contributed by atoms with van der Waals surface area (Å²) in [7, 11) is 0. The highest BCUT2D eigenvalue weighted by atomic mass is 16.6. The Labute approximate surface area is 277 Å². The minimum absolute atomic E-state index is 0.0274. The van der Waals surface area contributed by atoms with Crippen molar-refractivity contribution in [3.63, 3.8) is 0 Å². The maximum absolute atomic E-state index is 12.3. The molecule has 11 heteroatoms. The van der Waals surface area contributed by atoms with Crippen molar-refractivity contribution < 1.29 is 48.0 Å². The second-order valence-corrected chi connectivity index (χ2v) is 12.0. The number of carboxylic acid groups (broad SMARTS) is 1. The molecule has 0 bridgehead atoms. The summed E-state index contributed by atoms with van der Waals surface area (Å²) in [6.45, 7) is 6.72. The number of amides is 1.